The summed E-state index contributed by atoms with van der Waals surface area (Å²) in [6.45, 7) is 2.60. The summed E-state index contributed by atoms with van der Waals surface area (Å²) in [6, 6.07) is 2.94. The maximum atomic E-state index is 12.6. The van der Waals surface area contributed by atoms with E-state index in [0.717, 1.165) is 0 Å². The Kier molecular flexibility index (Phi) is 6.22. The number of carbonyl (C=O) groups is 2. The van der Waals surface area contributed by atoms with E-state index in [2.05, 4.69) is 0 Å². The second-order valence-electron chi connectivity index (χ2n) is 5.22. The summed E-state index contributed by atoms with van der Waals surface area (Å²) in [4.78, 5) is 22.3. The quantitative estimate of drug-likeness (QED) is 0.744. The normalized spacial score (nSPS) is 16.9. The number of nitrogens with two attached hydrogens (primary N) is 1. The molecule has 1 heterocycles. The van der Waals surface area contributed by atoms with Crippen LogP contribution in [0.1, 0.15) is 6.92 Å². The van der Waals surface area contributed by atoms with Crippen LogP contribution < -0.4 is 15.8 Å². The molecular formula is C14H18ClN3O6S. The number of sulfonamides is 1. The predicted octanol–water partition coefficient (Wildman–Crippen LogP) is 0.323. The van der Waals surface area contributed by atoms with Crippen molar-refractivity contribution in [2.75, 3.05) is 26.3 Å². The fraction of sp³-hybridized carbons (Fsp3) is 0.429. The Morgan fingerprint density at radius 3 is 2.56 bits per heavy atom. The molecule has 1 aromatic rings. The van der Waals surface area contributed by atoms with Crippen LogP contribution in [-0.2, 0) is 19.6 Å². The van der Waals surface area contributed by atoms with Crippen molar-refractivity contribution in [2.24, 2.45) is 5.73 Å². The third kappa shape index (κ3) is 4.82. The highest BCUT2D eigenvalue weighted by Crippen LogP contribution is 2.29. The first kappa shape index (κ1) is 19.4. The van der Waals surface area contributed by atoms with Gasteiger partial charge in [0.1, 0.15) is 5.75 Å². The Hall–Kier alpha value is -1.88. The van der Waals surface area contributed by atoms with Crippen molar-refractivity contribution in [1.29, 1.82) is 0 Å². The number of nitrogens with zero attached hydrogens (tertiary/aromatic N) is 1. The summed E-state index contributed by atoms with van der Waals surface area (Å²) in [6.07, 6.45) is -1.05. The summed E-state index contributed by atoms with van der Waals surface area (Å²) in [5, 5.41) is 1.90. The van der Waals surface area contributed by atoms with Gasteiger partial charge in [-0.25, -0.2) is 13.2 Å². The van der Waals surface area contributed by atoms with Gasteiger partial charge in [-0.15, -0.1) is 0 Å². The van der Waals surface area contributed by atoms with E-state index < -0.39 is 28.1 Å². The number of morpholine rings is 1. The molecule has 0 bridgehead atoms. The number of rotatable bonds is 5. The minimum absolute atomic E-state index is 0.0148. The number of nitrogens with one attached hydrogen (secondary N) is 1. The molecule has 0 unspecified atom stereocenters. The number of hydrogen-bond donors (Lipinski definition) is 2. The molecular weight excluding hydrogens is 374 g/mol. The third-order valence-corrected chi connectivity index (χ3v) is 5.62. The summed E-state index contributed by atoms with van der Waals surface area (Å²) in [5.41, 5.74) is 4.86. The van der Waals surface area contributed by atoms with E-state index in [-0.39, 0.29) is 28.8 Å². The van der Waals surface area contributed by atoms with E-state index in [1.807, 2.05) is 5.32 Å². The molecule has 1 atom stereocenters. The summed E-state index contributed by atoms with van der Waals surface area (Å²) < 4.78 is 36.9. The van der Waals surface area contributed by atoms with Crippen LogP contribution in [-0.4, -0.2) is 57.1 Å². The summed E-state index contributed by atoms with van der Waals surface area (Å²) >= 11 is 6.07. The van der Waals surface area contributed by atoms with Crippen LogP contribution in [0, 0.1) is 0 Å². The van der Waals surface area contributed by atoms with Gasteiger partial charge in [-0.05, 0) is 25.1 Å². The van der Waals surface area contributed by atoms with Crippen LogP contribution in [0.15, 0.2) is 23.1 Å². The third-order valence-electron chi connectivity index (χ3n) is 3.43. The Morgan fingerprint density at radius 2 is 2.00 bits per heavy atom. The largest absolute Gasteiger partial charge is 0.479 e. The van der Waals surface area contributed by atoms with E-state index in [9.17, 15) is 18.0 Å². The maximum Gasteiger partial charge on any atom is 0.318 e. The zero-order chi connectivity index (χ0) is 18.6. The molecule has 1 fully saturated rings. The average molecular weight is 392 g/mol. The highest BCUT2D eigenvalue weighted by Gasteiger charge is 2.27. The van der Waals surface area contributed by atoms with Crippen molar-refractivity contribution in [2.45, 2.75) is 17.9 Å². The second-order valence-corrected chi connectivity index (χ2v) is 7.57. The van der Waals surface area contributed by atoms with Gasteiger partial charge < -0.3 is 15.2 Å². The Morgan fingerprint density at radius 1 is 1.36 bits per heavy atom. The number of urea groups is 1. The van der Waals surface area contributed by atoms with Crippen molar-refractivity contribution >= 4 is 33.6 Å². The molecule has 11 heteroatoms. The molecule has 1 aliphatic rings. The minimum Gasteiger partial charge on any atom is -0.479 e. The zero-order valence-corrected chi connectivity index (χ0v) is 15.0. The molecule has 1 saturated heterocycles. The van der Waals surface area contributed by atoms with Crippen molar-refractivity contribution < 1.29 is 27.5 Å². The van der Waals surface area contributed by atoms with Gasteiger partial charge in [0, 0.05) is 13.1 Å². The highest BCUT2D eigenvalue weighted by molar-refractivity contribution is 7.89. The van der Waals surface area contributed by atoms with Crippen molar-refractivity contribution in [3.05, 3.63) is 23.2 Å². The van der Waals surface area contributed by atoms with E-state index in [4.69, 9.17) is 26.8 Å². The molecule has 3 N–H and O–H groups in total. The van der Waals surface area contributed by atoms with Crippen LogP contribution in [0.3, 0.4) is 0 Å². The van der Waals surface area contributed by atoms with Crippen molar-refractivity contribution in [3.8, 4) is 5.75 Å². The highest BCUT2D eigenvalue weighted by atomic mass is 35.5. The van der Waals surface area contributed by atoms with Crippen molar-refractivity contribution in [3.63, 3.8) is 0 Å². The fourth-order valence-corrected chi connectivity index (χ4v) is 3.87. The number of primary amides is 1. The predicted molar refractivity (Wildman–Crippen MR) is 88.8 cm³/mol. The molecule has 1 aliphatic heterocycles. The number of carbonyl (C=O) groups excluding carboxylic acids is 2. The lowest BCUT2D eigenvalue weighted by atomic mass is 10.3. The monoisotopic (exact) mass is 391 g/mol. The summed E-state index contributed by atoms with van der Waals surface area (Å²) in [5.74, 6) is -0.636. The van der Waals surface area contributed by atoms with E-state index >= 15 is 0 Å². The standard InChI is InChI=1S/C14H18ClN3O6S/c1-9(13(19)17-14(16)20)24-12-3-2-10(8-11(12)15)25(21,22)18-4-6-23-7-5-18/h2-3,8-9H,4-7H2,1H3,(H3,16,17,19,20)/t9-/m0/s1. The lowest BCUT2D eigenvalue weighted by Gasteiger charge is -2.26. The van der Waals surface area contributed by atoms with Crippen LogP contribution in [0.5, 0.6) is 5.75 Å². The number of halogens is 1. The zero-order valence-electron chi connectivity index (χ0n) is 13.4. The van der Waals surface area contributed by atoms with Crippen molar-refractivity contribution in [1.82, 2.24) is 9.62 Å². The first-order valence-electron chi connectivity index (χ1n) is 7.36. The molecule has 9 nitrogen and oxygen atoms in total. The molecule has 138 valence electrons. The Balaban J connectivity index is 2.14. The number of benzene rings is 1. The summed E-state index contributed by atoms with van der Waals surface area (Å²) in [7, 11) is -3.69. The Bertz CT molecular complexity index is 764. The van der Waals surface area contributed by atoms with Gasteiger partial charge in [-0.3, -0.25) is 10.1 Å². The van der Waals surface area contributed by atoms with E-state index in [1.165, 1.54) is 29.4 Å². The second kappa shape index (κ2) is 8.00. The van der Waals surface area contributed by atoms with Crippen LogP contribution in [0.4, 0.5) is 4.79 Å². The van der Waals surface area contributed by atoms with E-state index in [1.54, 1.807) is 0 Å². The molecule has 1 aromatic carbocycles. The van der Waals surface area contributed by atoms with E-state index in [0.29, 0.717) is 13.2 Å². The smallest absolute Gasteiger partial charge is 0.318 e. The average Bonchev–Trinajstić information content (AvgIpc) is 2.56. The van der Waals surface area contributed by atoms with Gasteiger partial charge in [-0.1, -0.05) is 11.6 Å². The number of imide groups is 1. The molecule has 0 saturated carbocycles. The van der Waals surface area contributed by atoms with Gasteiger partial charge in [-0.2, -0.15) is 4.31 Å². The number of hydrogen-bond acceptors (Lipinski definition) is 6. The molecule has 0 spiro atoms. The van der Waals surface area contributed by atoms with Gasteiger partial charge >= 0.3 is 6.03 Å². The maximum absolute atomic E-state index is 12.6. The first-order valence-corrected chi connectivity index (χ1v) is 9.18. The van der Waals surface area contributed by atoms with Gasteiger partial charge in [0.05, 0.1) is 23.1 Å². The molecule has 0 radical (unpaired) electrons. The molecule has 25 heavy (non-hydrogen) atoms. The molecule has 2 rings (SSSR count). The van der Waals surface area contributed by atoms with Gasteiger partial charge in [0.2, 0.25) is 10.0 Å². The fourth-order valence-electron chi connectivity index (χ4n) is 2.14. The number of ether oxygens (including phenoxy) is 2. The molecule has 0 aliphatic carbocycles. The SMILES string of the molecule is C[C@H](Oc1ccc(S(=O)(=O)N2CCOCC2)cc1Cl)C(=O)NC(N)=O. The first-order chi connectivity index (χ1) is 11.7. The van der Waals surface area contributed by atoms with Gasteiger partial charge in [0.15, 0.2) is 6.10 Å². The molecule has 3 amide bonds. The number of amides is 3. The topological polar surface area (TPSA) is 128 Å². The van der Waals surface area contributed by atoms with Crippen LogP contribution in [0.25, 0.3) is 0 Å². The van der Waals surface area contributed by atoms with Crippen LogP contribution in [0.2, 0.25) is 5.02 Å². The minimum atomic E-state index is -3.69. The van der Waals surface area contributed by atoms with Gasteiger partial charge in [0.25, 0.3) is 5.91 Å². The lowest BCUT2D eigenvalue weighted by Crippen LogP contribution is -2.42. The Labute approximate surface area is 150 Å². The molecule has 0 aromatic heterocycles. The van der Waals surface area contributed by atoms with Crippen LogP contribution >= 0.6 is 11.6 Å². The lowest BCUT2D eigenvalue weighted by molar-refractivity contribution is -0.126.